The minimum Gasteiger partial charge on any atom is -0.480 e. The number of amides is 2. The van der Waals surface area contributed by atoms with E-state index in [9.17, 15) is 19.5 Å². The number of aliphatic carboxylic acids is 1. The van der Waals surface area contributed by atoms with Gasteiger partial charge in [0.05, 0.1) is 11.2 Å². The van der Waals surface area contributed by atoms with Crippen molar-refractivity contribution in [3.05, 3.63) is 66.2 Å². The van der Waals surface area contributed by atoms with Gasteiger partial charge in [-0.25, -0.2) is 4.79 Å². The van der Waals surface area contributed by atoms with Crippen LogP contribution in [0, 0.1) is 0 Å². The molecular formula is C24H25N3O4S. The van der Waals surface area contributed by atoms with Crippen LogP contribution in [-0.4, -0.2) is 63.1 Å². The first-order valence-corrected chi connectivity index (χ1v) is 11.7. The standard InChI is InChI=1S/C24H25N3O4S/c28-18(15-16-7-3-1-4-8-16)25-19-21(29)27-20(23(30)31)24(32-22(19)27)11-13-26(14-12-24)17-9-5-2-6-10-17/h1-10,19-20,22H,11-15H2,(H,25,28)(H,30,31)/t19?,20?,22-/m0/s1. The van der Waals surface area contributed by atoms with Gasteiger partial charge in [0.1, 0.15) is 17.5 Å². The van der Waals surface area contributed by atoms with Crippen molar-refractivity contribution in [2.24, 2.45) is 0 Å². The van der Waals surface area contributed by atoms with Crippen molar-refractivity contribution in [1.29, 1.82) is 0 Å². The summed E-state index contributed by atoms with van der Waals surface area (Å²) in [5.41, 5.74) is 2.00. The molecule has 2 amide bonds. The summed E-state index contributed by atoms with van der Waals surface area (Å²) >= 11 is 1.56. The van der Waals surface area contributed by atoms with Crippen LogP contribution >= 0.6 is 11.8 Å². The maximum atomic E-state index is 12.9. The van der Waals surface area contributed by atoms with Gasteiger partial charge in [0.25, 0.3) is 0 Å². The summed E-state index contributed by atoms with van der Waals surface area (Å²) in [6.45, 7) is 1.47. The molecule has 3 heterocycles. The Labute approximate surface area is 190 Å². The van der Waals surface area contributed by atoms with Gasteiger partial charge >= 0.3 is 5.97 Å². The monoisotopic (exact) mass is 451 g/mol. The molecule has 0 radical (unpaired) electrons. The number of carboxylic acids is 1. The topological polar surface area (TPSA) is 90.0 Å². The highest BCUT2D eigenvalue weighted by molar-refractivity contribution is 8.01. The zero-order chi connectivity index (χ0) is 22.3. The summed E-state index contributed by atoms with van der Waals surface area (Å²) < 4.78 is -0.531. The van der Waals surface area contributed by atoms with Gasteiger partial charge in [-0.15, -0.1) is 11.8 Å². The van der Waals surface area contributed by atoms with Crippen LogP contribution in [0.2, 0.25) is 0 Å². The lowest BCUT2D eigenvalue weighted by Crippen LogP contribution is -2.71. The average Bonchev–Trinajstić information content (AvgIpc) is 3.10. The number of carboxylic acid groups (broad SMARTS) is 1. The number of β-lactam (4-membered cyclic amide) rings is 1. The Morgan fingerprint density at radius 1 is 1.03 bits per heavy atom. The molecule has 166 valence electrons. The second kappa shape index (κ2) is 8.16. The molecule has 3 aliphatic rings. The highest BCUT2D eigenvalue weighted by Gasteiger charge is 2.67. The van der Waals surface area contributed by atoms with E-state index in [0.29, 0.717) is 12.8 Å². The van der Waals surface area contributed by atoms with Crippen molar-refractivity contribution in [2.75, 3.05) is 18.0 Å². The Kier molecular flexibility index (Phi) is 5.33. The highest BCUT2D eigenvalue weighted by atomic mass is 32.2. The lowest BCUT2D eigenvalue weighted by atomic mass is 9.85. The summed E-state index contributed by atoms with van der Waals surface area (Å²) in [5, 5.41) is 12.5. The van der Waals surface area contributed by atoms with Crippen molar-refractivity contribution < 1.29 is 19.5 Å². The molecule has 32 heavy (non-hydrogen) atoms. The number of piperidine rings is 1. The number of anilines is 1. The van der Waals surface area contributed by atoms with Crippen LogP contribution in [-0.2, 0) is 20.8 Å². The molecule has 5 rings (SSSR count). The Morgan fingerprint density at radius 3 is 2.28 bits per heavy atom. The predicted molar refractivity (Wildman–Crippen MR) is 122 cm³/mol. The number of fused-ring (bicyclic) bond motifs is 1. The van der Waals surface area contributed by atoms with Crippen molar-refractivity contribution in [1.82, 2.24) is 10.2 Å². The fourth-order valence-corrected chi connectivity index (χ4v) is 7.00. The van der Waals surface area contributed by atoms with Crippen molar-refractivity contribution >= 4 is 35.2 Å². The quantitative estimate of drug-likeness (QED) is 0.677. The molecule has 3 fully saturated rings. The Hall–Kier alpha value is -3.00. The van der Waals surface area contributed by atoms with E-state index in [4.69, 9.17) is 0 Å². The van der Waals surface area contributed by atoms with E-state index < -0.39 is 22.8 Å². The smallest absolute Gasteiger partial charge is 0.327 e. The molecule has 0 aliphatic carbocycles. The molecule has 2 aromatic carbocycles. The molecule has 0 bridgehead atoms. The second-order valence-corrected chi connectivity index (χ2v) is 10.1. The van der Waals surface area contributed by atoms with Gasteiger partial charge < -0.3 is 20.2 Å². The zero-order valence-corrected chi connectivity index (χ0v) is 18.3. The number of carbonyl (C=O) groups excluding carboxylic acids is 2. The van der Waals surface area contributed by atoms with E-state index in [-0.39, 0.29) is 23.6 Å². The number of hydrogen-bond donors (Lipinski definition) is 2. The van der Waals surface area contributed by atoms with Gasteiger partial charge in [-0.05, 0) is 30.5 Å². The third-order valence-corrected chi connectivity index (χ3v) is 8.54. The van der Waals surface area contributed by atoms with Gasteiger partial charge in [-0.2, -0.15) is 0 Å². The average molecular weight is 452 g/mol. The summed E-state index contributed by atoms with van der Waals surface area (Å²) in [4.78, 5) is 41.4. The molecular weight excluding hydrogens is 426 g/mol. The fraction of sp³-hybridized carbons (Fsp3) is 0.375. The molecule has 8 heteroatoms. The molecule has 7 nitrogen and oxygen atoms in total. The van der Waals surface area contributed by atoms with Gasteiger partial charge in [0.2, 0.25) is 11.8 Å². The third kappa shape index (κ3) is 3.52. The Balaban J connectivity index is 1.28. The van der Waals surface area contributed by atoms with Gasteiger partial charge in [0.15, 0.2) is 0 Å². The zero-order valence-electron chi connectivity index (χ0n) is 17.5. The molecule has 3 aliphatic heterocycles. The van der Waals surface area contributed by atoms with E-state index in [1.165, 1.54) is 4.90 Å². The molecule has 0 saturated carbocycles. The molecule has 2 unspecified atom stereocenters. The number of hydrogen-bond acceptors (Lipinski definition) is 5. The number of rotatable bonds is 5. The van der Waals surface area contributed by atoms with Crippen LogP contribution in [0.1, 0.15) is 18.4 Å². The lowest BCUT2D eigenvalue weighted by Gasteiger charge is -2.44. The maximum Gasteiger partial charge on any atom is 0.327 e. The van der Waals surface area contributed by atoms with E-state index in [2.05, 4.69) is 22.3 Å². The summed E-state index contributed by atoms with van der Waals surface area (Å²) in [6.07, 6.45) is 1.55. The number of benzene rings is 2. The number of nitrogens with zero attached hydrogens (tertiary/aromatic N) is 2. The summed E-state index contributed by atoms with van der Waals surface area (Å²) in [6, 6.07) is 17.9. The summed E-state index contributed by atoms with van der Waals surface area (Å²) in [5.74, 6) is -1.48. The van der Waals surface area contributed by atoms with E-state index in [0.717, 1.165) is 24.3 Å². The molecule has 3 atom stereocenters. The molecule has 2 N–H and O–H groups in total. The van der Waals surface area contributed by atoms with E-state index in [1.807, 2.05) is 48.5 Å². The van der Waals surface area contributed by atoms with Crippen LogP contribution in [0.5, 0.6) is 0 Å². The van der Waals surface area contributed by atoms with Gasteiger partial charge in [0, 0.05) is 18.8 Å². The SMILES string of the molecule is O=C(Cc1ccccc1)NC1C(=O)N2C(C(=O)O)C3(CCN(c4ccccc4)CC3)S[C@@H]12. The number of para-hydroxylation sites is 1. The second-order valence-electron chi connectivity index (χ2n) is 8.59. The first-order valence-electron chi connectivity index (χ1n) is 10.8. The van der Waals surface area contributed by atoms with Crippen LogP contribution < -0.4 is 10.2 Å². The third-order valence-electron chi connectivity index (χ3n) is 6.70. The maximum absolute atomic E-state index is 12.9. The normalized spacial score (nSPS) is 25.9. The predicted octanol–water partition coefficient (Wildman–Crippen LogP) is 2.12. The van der Waals surface area contributed by atoms with E-state index >= 15 is 0 Å². The van der Waals surface area contributed by atoms with Gasteiger partial charge in [-0.1, -0.05) is 48.5 Å². The first kappa shape index (κ1) is 20.9. The highest BCUT2D eigenvalue weighted by Crippen LogP contribution is 2.55. The minimum atomic E-state index is -0.962. The number of nitrogens with one attached hydrogen (secondary N) is 1. The number of thioether (sulfide) groups is 1. The minimum absolute atomic E-state index is 0.196. The Morgan fingerprint density at radius 2 is 1.66 bits per heavy atom. The molecule has 1 spiro atoms. The first-order chi connectivity index (χ1) is 15.5. The van der Waals surface area contributed by atoms with E-state index in [1.54, 1.807) is 11.8 Å². The Bertz CT molecular complexity index is 1020. The summed E-state index contributed by atoms with van der Waals surface area (Å²) in [7, 11) is 0. The molecule has 0 aromatic heterocycles. The lowest BCUT2D eigenvalue weighted by molar-refractivity contribution is -0.161. The fourth-order valence-electron chi connectivity index (χ4n) is 5.10. The van der Waals surface area contributed by atoms with Crippen molar-refractivity contribution in [2.45, 2.75) is 41.5 Å². The van der Waals surface area contributed by atoms with Crippen LogP contribution in [0.15, 0.2) is 60.7 Å². The van der Waals surface area contributed by atoms with Crippen molar-refractivity contribution in [3.63, 3.8) is 0 Å². The van der Waals surface area contributed by atoms with Crippen LogP contribution in [0.4, 0.5) is 5.69 Å². The van der Waals surface area contributed by atoms with Crippen molar-refractivity contribution in [3.8, 4) is 0 Å². The number of carbonyl (C=O) groups is 3. The largest absolute Gasteiger partial charge is 0.480 e. The van der Waals surface area contributed by atoms with Crippen LogP contribution in [0.25, 0.3) is 0 Å². The molecule has 2 aromatic rings. The molecule has 3 saturated heterocycles. The van der Waals surface area contributed by atoms with Crippen LogP contribution in [0.3, 0.4) is 0 Å². The van der Waals surface area contributed by atoms with Gasteiger partial charge in [-0.3, -0.25) is 9.59 Å².